The van der Waals surface area contributed by atoms with Crippen molar-refractivity contribution < 1.29 is 0 Å². The summed E-state index contributed by atoms with van der Waals surface area (Å²) in [5.74, 6) is 1.16. The lowest BCUT2D eigenvalue weighted by molar-refractivity contribution is 0.396. The highest BCUT2D eigenvalue weighted by molar-refractivity contribution is 5.03. The Kier molecular flexibility index (Phi) is 5.91. The van der Waals surface area contributed by atoms with Gasteiger partial charge in [-0.3, -0.25) is 0 Å². The van der Waals surface area contributed by atoms with Crippen LogP contribution in [0, 0.1) is 0 Å². The van der Waals surface area contributed by atoms with E-state index in [2.05, 4.69) is 65.2 Å². The van der Waals surface area contributed by atoms with Crippen LogP contribution in [0.1, 0.15) is 67.7 Å². The summed E-state index contributed by atoms with van der Waals surface area (Å²) in [5.41, 5.74) is 0.215. The first-order valence-electron chi connectivity index (χ1n) is 6.40. The Balaban J connectivity index is 4.45. The van der Waals surface area contributed by atoms with Crippen molar-refractivity contribution in [3.05, 3.63) is 11.9 Å². The van der Waals surface area contributed by atoms with E-state index in [0.29, 0.717) is 0 Å². The predicted octanol–water partition coefficient (Wildman–Crippen LogP) is 3.79. The summed E-state index contributed by atoms with van der Waals surface area (Å²) in [6.45, 7) is 15.3. The molecular formula is C14H30N2. The van der Waals surface area contributed by atoms with E-state index in [0.717, 1.165) is 12.2 Å². The van der Waals surface area contributed by atoms with E-state index in [1.807, 2.05) is 0 Å². The first-order chi connectivity index (χ1) is 7.14. The van der Waals surface area contributed by atoms with Crippen molar-refractivity contribution in [1.29, 1.82) is 0 Å². The van der Waals surface area contributed by atoms with Gasteiger partial charge in [0.15, 0.2) is 0 Å². The summed E-state index contributed by atoms with van der Waals surface area (Å²) in [7, 11) is 0. The molecule has 2 nitrogen and oxygen atoms in total. The van der Waals surface area contributed by atoms with Crippen LogP contribution in [0.2, 0.25) is 0 Å². The summed E-state index contributed by atoms with van der Waals surface area (Å²) in [6.07, 6.45) is 5.91. The Morgan fingerprint density at radius 2 is 1.38 bits per heavy atom. The van der Waals surface area contributed by atoms with E-state index in [1.54, 1.807) is 0 Å². The molecule has 0 atom stereocenters. The minimum atomic E-state index is 0.107. The summed E-state index contributed by atoms with van der Waals surface area (Å²) >= 11 is 0. The van der Waals surface area contributed by atoms with E-state index in [1.165, 1.54) is 12.8 Å². The second-order valence-electron chi connectivity index (χ2n) is 6.51. The third-order valence-corrected chi connectivity index (χ3v) is 1.93. The van der Waals surface area contributed by atoms with E-state index < -0.39 is 0 Å². The molecule has 0 radical (unpaired) electrons. The fourth-order valence-electron chi connectivity index (χ4n) is 1.39. The van der Waals surface area contributed by atoms with Gasteiger partial charge in [0.05, 0.1) is 5.82 Å². The Hall–Kier alpha value is -0.660. The van der Waals surface area contributed by atoms with Crippen LogP contribution in [0.3, 0.4) is 0 Å². The zero-order valence-electron chi connectivity index (χ0n) is 12.2. The van der Waals surface area contributed by atoms with Crippen LogP contribution in [0.25, 0.3) is 0 Å². The number of hydrogen-bond acceptors (Lipinski definition) is 2. The molecule has 0 aromatic rings. The quantitative estimate of drug-likeness (QED) is 0.697. The zero-order valence-corrected chi connectivity index (χ0v) is 12.2. The Bertz CT molecular complexity index is 198. The minimum absolute atomic E-state index is 0.107. The average molecular weight is 226 g/mol. The Morgan fingerprint density at radius 3 is 1.69 bits per heavy atom. The molecule has 0 aliphatic carbocycles. The van der Waals surface area contributed by atoms with Crippen molar-refractivity contribution in [2.75, 3.05) is 0 Å². The van der Waals surface area contributed by atoms with Gasteiger partial charge in [-0.2, -0.15) is 0 Å². The third kappa shape index (κ3) is 9.88. The van der Waals surface area contributed by atoms with Crippen LogP contribution < -0.4 is 10.6 Å². The lowest BCUT2D eigenvalue weighted by Crippen LogP contribution is -2.46. The van der Waals surface area contributed by atoms with Crippen molar-refractivity contribution in [3.8, 4) is 0 Å². The Labute approximate surface area is 102 Å². The van der Waals surface area contributed by atoms with Gasteiger partial charge in [-0.25, -0.2) is 0 Å². The smallest absolute Gasteiger partial charge is 0.0953 e. The monoisotopic (exact) mass is 226 g/mol. The largest absolute Gasteiger partial charge is 0.368 e. The second kappa shape index (κ2) is 6.17. The zero-order chi connectivity index (χ0) is 12.8. The molecule has 16 heavy (non-hydrogen) atoms. The summed E-state index contributed by atoms with van der Waals surface area (Å²) in [6, 6.07) is 0. The van der Waals surface area contributed by atoms with Gasteiger partial charge in [0.1, 0.15) is 0 Å². The number of nitrogens with one attached hydrogen (secondary N) is 2. The number of hydrogen-bond donors (Lipinski definition) is 2. The molecule has 0 aromatic heterocycles. The van der Waals surface area contributed by atoms with Crippen molar-refractivity contribution in [1.82, 2.24) is 10.6 Å². The van der Waals surface area contributed by atoms with E-state index in [-0.39, 0.29) is 11.1 Å². The summed E-state index contributed by atoms with van der Waals surface area (Å²) < 4.78 is 0. The highest BCUT2D eigenvalue weighted by Gasteiger charge is 2.15. The normalized spacial score (nSPS) is 12.2. The maximum absolute atomic E-state index is 3.52. The molecule has 0 heterocycles. The van der Waals surface area contributed by atoms with Crippen molar-refractivity contribution in [2.45, 2.75) is 78.8 Å². The molecule has 0 saturated carbocycles. The van der Waals surface area contributed by atoms with Crippen molar-refractivity contribution >= 4 is 0 Å². The maximum Gasteiger partial charge on any atom is 0.0953 e. The molecule has 2 heteroatoms. The van der Waals surface area contributed by atoms with Crippen molar-refractivity contribution in [2.24, 2.45) is 0 Å². The van der Waals surface area contributed by atoms with Gasteiger partial charge >= 0.3 is 0 Å². The van der Waals surface area contributed by atoms with Gasteiger partial charge in [-0.15, -0.1) is 0 Å². The molecule has 96 valence electrons. The standard InChI is InChI=1S/C14H30N2/c1-8-9-10-11-12(15-13(2,3)4)16-14(5,6)7/h11,15-16H,8-10H2,1-7H3. The number of unbranched alkanes of at least 4 members (excludes halogenated alkanes) is 2. The molecule has 0 aromatic carbocycles. The van der Waals surface area contributed by atoms with E-state index >= 15 is 0 Å². The molecule has 0 bridgehead atoms. The van der Waals surface area contributed by atoms with Gasteiger partial charge in [0, 0.05) is 11.1 Å². The molecule has 2 N–H and O–H groups in total. The van der Waals surface area contributed by atoms with E-state index in [9.17, 15) is 0 Å². The molecule has 0 fully saturated rings. The highest BCUT2D eigenvalue weighted by Crippen LogP contribution is 2.08. The number of rotatable bonds is 5. The highest BCUT2D eigenvalue weighted by atomic mass is 15.1. The van der Waals surface area contributed by atoms with Gasteiger partial charge in [0.25, 0.3) is 0 Å². The van der Waals surface area contributed by atoms with Crippen LogP contribution >= 0.6 is 0 Å². The molecule has 0 spiro atoms. The van der Waals surface area contributed by atoms with Crippen LogP contribution in [-0.2, 0) is 0 Å². The average Bonchev–Trinajstić information content (AvgIpc) is 1.97. The predicted molar refractivity (Wildman–Crippen MR) is 73.4 cm³/mol. The molecule has 0 aliphatic heterocycles. The lowest BCUT2D eigenvalue weighted by atomic mass is 10.1. The maximum atomic E-state index is 3.52. The van der Waals surface area contributed by atoms with Crippen LogP contribution in [-0.4, -0.2) is 11.1 Å². The fourth-order valence-corrected chi connectivity index (χ4v) is 1.39. The first-order valence-corrected chi connectivity index (χ1v) is 6.40. The van der Waals surface area contributed by atoms with E-state index in [4.69, 9.17) is 0 Å². The molecule has 0 saturated heterocycles. The fraction of sp³-hybridized carbons (Fsp3) is 0.857. The van der Waals surface area contributed by atoms with Gasteiger partial charge in [0.2, 0.25) is 0 Å². The molecular weight excluding hydrogens is 196 g/mol. The first kappa shape index (κ1) is 15.3. The minimum Gasteiger partial charge on any atom is -0.368 e. The molecule has 0 amide bonds. The van der Waals surface area contributed by atoms with Gasteiger partial charge < -0.3 is 10.6 Å². The molecule has 0 aliphatic rings. The third-order valence-electron chi connectivity index (χ3n) is 1.93. The summed E-state index contributed by atoms with van der Waals surface area (Å²) in [5, 5.41) is 7.04. The van der Waals surface area contributed by atoms with Crippen LogP contribution in [0.15, 0.2) is 11.9 Å². The summed E-state index contributed by atoms with van der Waals surface area (Å²) in [4.78, 5) is 0. The number of allylic oxidation sites excluding steroid dienone is 1. The lowest BCUT2D eigenvalue weighted by Gasteiger charge is -2.30. The van der Waals surface area contributed by atoms with Crippen LogP contribution in [0.4, 0.5) is 0 Å². The Morgan fingerprint density at radius 1 is 0.938 bits per heavy atom. The molecule has 0 rings (SSSR count). The van der Waals surface area contributed by atoms with Crippen LogP contribution in [0.5, 0.6) is 0 Å². The van der Waals surface area contributed by atoms with Gasteiger partial charge in [-0.05, 0) is 60.5 Å². The van der Waals surface area contributed by atoms with Crippen molar-refractivity contribution in [3.63, 3.8) is 0 Å². The second-order valence-corrected chi connectivity index (χ2v) is 6.51. The van der Waals surface area contributed by atoms with Gasteiger partial charge in [-0.1, -0.05) is 13.3 Å². The SMILES string of the molecule is CCCCC=C(NC(C)(C)C)NC(C)(C)C. The topological polar surface area (TPSA) is 24.1 Å². The molecule has 0 unspecified atom stereocenters.